The Balaban J connectivity index is 1.25. The first-order valence-corrected chi connectivity index (χ1v) is 11.8. The lowest BCUT2D eigenvalue weighted by molar-refractivity contribution is -0.148. The quantitative estimate of drug-likeness (QED) is 0.455. The van der Waals surface area contributed by atoms with Gasteiger partial charge in [-0.1, -0.05) is 49.7 Å². The van der Waals surface area contributed by atoms with Crippen LogP contribution in [0.3, 0.4) is 0 Å². The van der Waals surface area contributed by atoms with Crippen LogP contribution in [0.5, 0.6) is 11.5 Å². The summed E-state index contributed by atoms with van der Waals surface area (Å²) in [6.07, 6.45) is 2.00. The summed E-state index contributed by atoms with van der Waals surface area (Å²) in [5.74, 6) is 1.70. The number of hydrogen-bond donors (Lipinski definition) is 1. The molecule has 0 aliphatic carbocycles. The molecular formula is C27H30N2O6. The van der Waals surface area contributed by atoms with E-state index in [2.05, 4.69) is 10.3 Å². The van der Waals surface area contributed by atoms with Gasteiger partial charge in [0.2, 0.25) is 0 Å². The molecule has 0 saturated carbocycles. The molecule has 1 aliphatic rings. The number of benzene rings is 2. The monoisotopic (exact) mass is 478 g/mol. The Kier molecular flexibility index (Phi) is 7.70. The third kappa shape index (κ3) is 6.41. The number of hydrogen-bond acceptors (Lipinski definition) is 7. The van der Waals surface area contributed by atoms with E-state index in [1.54, 1.807) is 6.20 Å². The van der Waals surface area contributed by atoms with Crippen molar-refractivity contribution in [2.24, 2.45) is 5.92 Å². The van der Waals surface area contributed by atoms with Crippen molar-refractivity contribution in [2.75, 3.05) is 19.8 Å². The van der Waals surface area contributed by atoms with Crippen molar-refractivity contribution in [3.63, 3.8) is 0 Å². The first-order valence-electron chi connectivity index (χ1n) is 11.8. The molecule has 0 unspecified atom stereocenters. The number of rotatable bonds is 9. The number of carbonyl (C=O) groups is 2. The third-order valence-corrected chi connectivity index (χ3v) is 5.71. The zero-order valence-electron chi connectivity index (χ0n) is 20.2. The lowest BCUT2D eigenvalue weighted by Crippen LogP contribution is -2.35. The first-order chi connectivity index (χ1) is 16.9. The predicted molar refractivity (Wildman–Crippen MR) is 129 cm³/mol. The van der Waals surface area contributed by atoms with Gasteiger partial charge in [-0.25, -0.2) is 4.98 Å². The molecule has 1 N–H and O–H groups in total. The number of carbonyl (C=O) groups excluding carboxylic acids is 2. The summed E-state index contributed by atoms with van der Waals surface area (Å²) in [5, 5.41) is 2.95. The van der Waals surface area contributed by atoms with Gasteiger partial charge in [0.1, 0.15) is 13.2 Å². The minimum atomic E-state index is -0.490. The minimum absolute atomic E-state index is 0.0664. The highest BCUT2D eigenvalue weighted by Crippen LogP contribution is 2.34. The highest BCUT2D eigenvalue weighted by Gasteiger charge is 2.22. The molecular weight excluding hydrogens is 448 g/mol. The highest BCUT2D eigenvalue weighted by atomic mass is 16.6. The Bertz CT molecular complexity index is 1170. The van der Waals surface area contributed by atoms with Crippen molar-refractivity contribution in [1.29, 1.82) is 0 Å². The van der Waals surface area contributed by atoms with Crippen LogP contribution in [0, 0.1) is 12.8 Å². The summed E-state index contributed by atoms with van der Waals surface area (Å²) in [4.78, 5) is 28.9. The topological polar surface area (TPSA) is 99.9 Å². The number of aryl methyl sites for hydroxylation is 2. The number of fused-ring (bicyclic) bond motifs is 1. The summed E-state index contributed by atoms with van der Waals surface area (Å²) < 4.78 is 22.1. The van der Waals surface area contributed by atoms with Crippen molar-refractivity contribution in [1.82, 2.24) is 10.3 Å². The molecule has 35 heavy (non-hydrogen) atoms. The van der Waals surface area contributed by atoms with Gasteiger partial charge in [-0.2, -0.15) is 0 Å². The summed E-state index contributed by atoms with van der Waals surface area (Å²) in [5.41, 5.74) is 2.98. The molecule has 2 aromatic carbocycles. The Morgan fingerprint density at radius 3 is 2.54 bits per heavy atom. The third-order valence-electron chi connectivity index (χ3n) is 5.71. The molecule has 184 valence electrons. The van der Waals surface area contributed by atoms with E-state index >= 15 is 0 Å². The largest absolute Gasteiger partial charge is 0.486 e. The predicted octanol–water partition coefficient (Wildman–Crippen LogP) is 4.41. The molecule has 3 aromatic rings. The van der Waals surface area contributed by atoms with E-state index in [1.807, 2.05) is 63.2 Å². The smallest absolute Gasteiger partial charge is 0.306 e. The van der Waals surface area contributed by atoms with Gasteiger partial charge in [-0.3, -0.25) is 9.59 Å². The van der Waals surface area contributed by atoms with E-state index in [4.69, 9.17) is 18.6 Å². The normalized spacial score (nSPS) is 13.4. The van der Waals surface area contributed by atoms with Gasteiger partial charge in [-0.05, 0) is 30.5 Å². The van der Waals surface area contributed by atoms with Gasteiger partial charge in [0.05, 0.1) is 18.7 Å². The van der Waals surface area contributed by atoms with Crippen LogP contribution >= 0.6 is 0 Å². The second-order valence-corrected chi connectivity index (χ2v) is 8.84. The maximum Gasteiger partial charge on any atom is 0.306 e. The molecule has 1 atom stereocenters. The Labute approximate surface area is 204 Å². The summed E-state index contributed by atoms with van der Waals surface area (Å²) in [6, 6.07) is 13.3. The van der Waals surface area contributed by atoms with Crippen LogP contribution in [0.15, 0.2) is 53.1 Å². The van der Waals surface area contributed by atoms with Gasteiger partial charge in [-0.15, -0.1) is 0 Å². The van der Waals surface area contributed by atoms with Crippen molar-refractivity contribution in [2.45, 2.75) is 39.7 Å². The first kappa shape index (κ1) is 24.3. The number of esters is 1. The summed E-state index contributed by atoms with van der Waals surface area (Å²) in [6.45, 7) is 6.69. The minimum Gasteiger partial charge on any atom is -0.486 e. The molecule has 2 heterocycles. The SMILES string of the molecule is Cc1ccc(-c2cnc(CCC(=O)OCC(=O)N[C@@H](c3ccc4c(c3)OCCO4)C(C)C)o2)cc1. The molecule has 0 radical (unpaired) electrons. The van der Waals surface area contributed by atoms with Gasteiger partial charge in [0.25, 0.3) is 5.91 Å². The van der Waals surface area contributed by atoms with Crippen molar-refractivity contribution >= 4 is 11.9 Å². The lowest BCUT2D eigenvalue weighted by Gasteiger charge is -2.25. The zero-order valence-corrected chi connectivity index (χ0v) is 20.2. The molecule has 8 heteroatoms. The molecule has 0 bridgehead atoms. The molecule has 0 saturated heterocycles. The van der Waals surface area contributed by atoms with Crippen molar-refractivity contribution in [3.8, 4) is 22.8 Å². The summed E-state index contributed by atoms with van der Waals surface area (Å²) >= 11 is 0. The molecule has 1 aliphatic heterocycles. The Hall–Kier alpha value is -3.81. The number of nitrogens with zero attached hydrogens (tertiary/aromatic N) is 1. The van der Waals surface area contributed by atoms with Crippen molar-refractivity contribution in [3.05, 3.63) is 65.7 Å². The van der Waals surface area contributed by atoms with Gasteiger partial charge >= 0.3 is 5.97 Å². The lowest BCUT2D eigenvalue weighted by atomic mass is 9.95. The average molecular weight is 479 g/mol. The maximum atomic E-state index is 12.5. The average Bonchev–Trinajstić information content (AvgIpc) is 3.34. The van der Waals surface area contributed by atoms with Gasteiger partial charge < -0.3 is 23.9 Å². The van der Waals surface area contributed by atoms with Crippen LogP contribution in [-0.2, 0) is 20.7 Å². The van der Waals surface area contributed by atoms with Crippen LogP contribution < -0.4 is 14.8 Å². The van der Waals surface area contributed by atoms with Gasteiger partial charge in [0.15, 0.2) is 29.8 Å². The Morgan fingerprint density at radius 1 is 1.06 bits per heavy atom. The van der Waals surface area contributed by atoms with Crippen LogP contribution in [0.1, 0.15) is 43.3 Å². The summed E-state index contributed by atoms with van der Waals surface area (Å²) in [7, 11) is 0. The molecule has 1 amide bonds. The van der Waals surface area contributed by atoms with Crippen molar-refractivity contribution < 1.29 is 28.2 Å². The van der Waals surface area contributed by atoms with Crippen LogP contribution in [0.25, 0.3) is 11.3 Å². The number of aromatic nitrogens is 1. The molecule has 0 fully saturated rings. The second kappa shape index (κ2) is 11.1. The highest BCUT2D eigenvalue weighted by molar-refractivity contribution is 5.81. The van der Waals surface area contributed by atoms with E-state index in [-0.39, 0.29) is 37.3 Å². The zero-order chi connectivity index (χ0) is 24.8. The number of nitrogens with one attached hydrogen (secondary N) is 1. The molecule has 1 aromatic heterocycles. The standard InChI is InChI=1S/C27H30N2O6/c1-17(2)27(20-8-9-21-22(14-20)33-13-12-32-21)29-24(30)16-34-26(31)11-10-25-28-15-23(35-25)19-6-4-18(3)5-7-19/h4-9,14-15,17,27H,10-13,16H2,1-3H3,(H,29,30)/t27-/m1/s1. The number of ether oxygens (including phenoxy) is 3. The molecule has 4 rings (SSSR count). The van der Waals surface area contributed by atoms with E-state index in [9.17, 15) is 9.59 Å². The fourth-order valence-corrected chi connectivity index (χ4v) is 3.81. The van der Waals surface area contributed by atoms with Gasteiger partial charge in [0, 0.05) is 12.0 Å². The molecule has 0 spiro atoms. The van der Waals surface area contributed by atoms with Crippen LogP contribution in [0.2, 0.25) is 0 Å². The molecule has 8 nitrogen and oxygen atoms in total. The fourth-order valence-electron chi connectivity index (χ4n) is 3.81. The second-order valence-electron chi connectivity index (χ2n) is 8.84. The van der Waals surface area contributed by atoms with E-state index < -0.39 is 5.97 Å². The van der Waals surface area contributed by atoms with E-state index in [0.29, 0.717) is 36.4 Å². The number of amides is 1. The fraction of sp³-hybridized carbons (Fsp3) is 0.370. The van der Waals surface area contributed by atoms with E-state index in [1.165, 1.54) is 0 Å². The number of oxazole rings is 1. The maximum absolute atomic E-state index is 12.5. The van der Waals surface area contributed by atoms with E-state index in [0.717, 1.165) is 16.7 Å². The Morgan fingerprint density at radius 2 is 1.80 bits per heavy atom. The van der Waals surface area contributed by atoms with Crippen LogP contribution in [0.4, 0.5) is 0 Å². The van der Waals surface area contributed by atoms with Crippen LogP contribution in [-0.4, -0.2) is 36.7 Å².